The Balaban J connectivity index is 1.61. The van der Waals surface area contributed by atoms with Gasteiger partial charge in [0.15, 0.2) is 0 Å². The van der Waals surface area contributed by atoms with Gasteiger partial charge in [-0.1, -0.05) is 6.07 Å². The summed E-state index contributed by atoms with van der Waals surface area (Å²) in [6.45, 7) is 6.11. The first-order valence-electron chi connectivity index (χ1n) is 9.20. The number of fused-ring (bicyclic) bond motifs is 1. The molecular formula is C21H25FN2O4. The molecule has 7 heteroatoms. The summed E-state index contributed by atoms with van der Waals surface area (Å²) in [6, 6.07) is 9.28. The molecule has 0 fully saturated rings. The molecule has 6 nitrogen and oxygen atoms in total. The van der Waals surface area contributed by atoms with Crippen LogP contribution in [0, 0.1) is 0 Å². The van der Waals surface area contributed by atoms with Gasteiger partial charge in [-0.05, 0) is 62.6 Å². The summed E-state index contributed by atoms with van der Waals surface area (Å²) in [5, 5.41) is 0. The van der Waals surface area contributed by atoms with Crippen molar-refractivity contribution in [1.82, 2.24) is 9.88 Å². The molecule has 0 bridgehead atoms. The van der Waals surface area contributed by atoms with E-state index in [0.29, 0.717) is 30.3 Å². The van der Waals surface area contributed by atoms with Gasteiger partial charge in [-0.15, -0.1) is 0 Å². The van der Waals surface area contributed by atoms with Crippen LogP contribution < -0.4 is 9.47 Å². The number of halogens is 1. The molecule has 0 saturated carbocycles. The van der Waals surface area contributed by atoms with Gasteiger partial charge in [-0.3, -0.25) is 4.98 Å². The topological polar surface area (TPSA) is 60.9 Å². The van der Waals surface area contributed by atoms with Gasteiger partial charge in [0.05, 0.1) is 11.9 Å². The molecule has 1 aromatic carbocycles. The third kappa shape index (κ3) is 5.34. The number of aromatic nitrogens is 1. The fraction of sp³-hybridized carbons (Fsp3) is 0.429. The average Bonchev–Trinajstić information content (AvgIpc) is 2.66. The Labute approximate surface area is 164 Å². The van der Waals surface area contributed by atoms with Gasteiger partial charge in [-0.25, -0.2) is 9.18 Å². The first kappa shape index (κ1) is 19.9. The highest BCUT2D eigenvalue weighted by atomic mass is 19.1. The molecule has 0 atom stereocenters. The molecule has 0 saturated heterocycles. The van der Waals surface area contributed by atoms with Crippen molar-refractivity contribution in [3.63, 3.8) is 0 Å². The van der Waals surface area contributed by atoms with Crippen LogP contribution in [0.25, 0.3) is 0 Å². The van der Waals surface area contributed by atoms with E-state index in [1.54, 1.807) is 17.0 Å². The lowest BCUT2D eigenvalue weighted by Gasteiger charge is -2.31. The number of nitrogens with zero attached hydrogens (tertiary/aromatic N) is 2. The van der Waals surface area contributed by atoms with Crippen molar-refractivity contribution in [1.29, 1.82) is 0 Å². The molecule has 0 unspecified atom stereocenters. The third-order valence-corrected chi connectivity index (χ3v) is 4.25. The second-order valence-electron chi connectivity index (χ2n) is 7.61. The van der Waals surface area contributed by atoms with Crippen LogP contribution in [0.5, 0.6) is 11.5 Å². The number of rotatable bonds is 5. The van der Waals surface area contributed by atoms with E-state index in [1.807, 2.05) is 39.0 Å². The number of pyridine rings is 1. The first-order valence-corrected chi connectivity index (χ1v) is 9.20. The van der Waals surface area contributed by atoms with E-state index < -0.39 is 12.5 Å². The first-order chi connectivity index (χ1) is 13.3. The third-order valence-electron chi connectivity index (χ3n) is 4.25. The smallest absolute Gasteiger partial charge is 0.410 e. The summed E-state index contributed by atoms with van der Waals surface area (Å²) < 4.78 is 28.2. The number of carbonyl (C=O) groups excluding carboxylic acids is 1. The maximum absolute atomic E-state index is 12.3. The summed E-state index contributed by atoms with van der Waals surface area (Å²) >= 11 is 0. The van der Waals surface area contributed by atoms with Crippen LogP contribution >= 0.6 is 0 Å². The van der Waals surface area contributed by atoms with Crippen molar-refractivity contribution < 1.29 is 23.4 Å². The van der Waals surface area contributed by atoms with Crippen LogP contribution in [-0.4, -0.2) is 35.0 Å². The Morgan fingerprint density at radius 2 is 1.93 bits per heavy atom. The van der Waals surface area contributed by atoms with E-state index in [1.165, 1.54) is 11.8 Å². The minimum atomic E-state index is -0.882. The summed E-state index contributed by atoms with van der Waals surface area (Å²) in [6.07, 6.45) is 1.94. The molecule has 1 aromatic heterocycles. The highest BCUT2D eigenvalue weighted by molar-refractivity contribution is 5.68. The minimum absolute atomic E-state index is 0.282. The molecule has 1 aliphatic heterocycles. The lowest BCUT2D eigenvalue weighted by Crippen LogP contribution is -2.39. The zero-order chi connectivity index (χ0) is 20.1. The van der Waals surface area contributed by atoms with Crippen molar-refractivity contribution in [2.75, 3.05) is 13.4 Å². The van der Waals surface area contributed by atoms with E-state index in [2.05, 4.69) is 4.98 Å². The maximum atomic E-state index is 12.3. The van der Waals surface area contributed by atoms with Crippen molar-refractivity contribution in [2.24, 2.45) is 0 Å². The predicted octanol–water partition coefficient (Wildman–Crippen LogP) is 4.26. The number of carbonyl (C=O) groups is 1. The molecule has 0 spiro atoms. The molecule has 2 aromatic rings. The quantitative estimate of drug-likeness (QED) is 0.766. The average molecular weight is 388 g/mol. The molecule has 28 heavy (non-hydrogen) atoms. The van der Waals surface area contributed by atoms with Gasteiger partial charge in [0.1, 0.15) is 23.7 Å². The summed E-state index contributed by atoms with van der Waals surface area (Å²) in [5.41, 5.74) is 2.45. The number of amides is 1. The second-order valence-corrected chi connectivity index (χ2v) is 7.61. The zero-order valence-corrected chi connectivity index (χ0v) is 16.4. The van der Waals surface area contributed by atoms with Gasteiger partial charge in [-0.2, -0.15) is 0 Å². The number of ether oxygens (including phenoxy) is 3. The van der Waals surface area contributed by atoms with Crippen molar-refractivity contribution in [2.45, 2.75) is 45.9 Å². The molecule has 3 rings (SSSR count). The second kappa shape index (κ2) is 8.46. The molecule has 0 N–H and O–H groups in total. The van der Waals surface area contributed by atoms with Gasteiger partial charge in [0.2, 0.25) is 6.86 Å². The van der Waals surface area contributed by atoms with Crippen LogP contribution in [-0.2, 0) is 24.3 Å². The Kier molecular flexibility index (Phi) is 6.02. The normalized spacial score (nSPS) is 13.6. The van der Waals surface area contributed by atoms with Crippen LogP contribution in [0.1, 0.15) is 37.6 Å². The minimum Gasteiger partial charge on any atom is -0.487 e. The number of hydrogen-bond acceptors (Lipinski definition) is 5. The number of alkyl halides is 1. The lowest BCUT2D eigenvalue weighted by atomic mass is 10.00. The van der Waals surface area contributed by atoms with E-state index in [-0.39, 0.29) is 12.7 Å². The highest BCUT2D eigenvalue weighted by Crippen LogP contribution is 2.25. The van der Waals surface area contributed by atoms with Gasteiger partial charge >= 0.3 is 6.09 Å². The Bertz CT molecular complexity index is 818. The van der Waals surface area contributed by atoms with Crippen LogP contribution in [0.4, 0.5) is 9.18 Å². The summed E-state index contributed by atoms with van der Waals surface area (Å²) in [4.78, 5) is 18.2. The Morgan fingerprint density at radius 3 is 2.61 bits per heavy atom. The standard InChI is InChI=1S/C21H25FN2O4/c1-21(2,3)28-20(25)24-9-8-15-4-6-18(10-16(15)12-24)26-13-17-5-7-19(11-23-17)27-14-22/h4-7,10-11H,8-9,12-14H2,1-3H3. The van der Waals surface area contributed by atoms with E-state index >= 15 is 0 Å². The van der Waals surface area contributed by atoms with Crippen molar-refractivity contribution in [3.8, 4) is 11.5 Å². The molecule has 150 valence electrons. The maximum Gasteiger partial charge on any atom is 0.410 e. The highest BCUT2D eigenvalue weighted by Gasteiger charge is 2.25. The predicted molar refractivity (Wildman–Crippen MR) is 102 cm³/mol. The summed E-state index contributed by atoms with van der Waals surface area (Å²) in [5.74, 6) is 1.08. The Hall–Kier alpha value is -2.83. The van der Waals surface area contributed by atoms with Crippen molar-refractivity contribution >= 4 is 6.09 Å². The van der Waals surface area contributed by atoms with Gasteiger partial charge < -0.3 is 19.1 Å². The van der Waals surface area contributed by atoms with Crippen LogP contribution in [0.2, 0.25) is 0 Å². The summed E-state index contributed by atoms with van der Waals surface area (Å²) in [7, 11) is 0. The van der Waals surface area contributed by atoms with Crippen LogP contribution in [0.3, 0.4) is 0 Å². The van der Waals surface area contributed by atoms with Gasteiger partial charge in [0.25, 0.3) is 0 Å². The lowest BCUT2D eigenvalue weighted by molar-refractivity contribution is 0.0223. The molecular weight excluding hydrogens is 363 g/mol. The fourth-order valence-corrected chi connectivity index (χ4v) is 2.91. The largest absolute Gasteiger partial charge is 0.487 e. The number of hydrogen-bond donors (Lipinski definition) is 0. The van der Waals surface area contributed by atoms with Crippen molar-refractivity contribution in [3.05, 3.63) is 53.3 Å². The molecule has 1 amide bonds. The molecule has 0 radical (unpaired) electrons. The molecule has 2 heterocycles. The number of benzene rings is 1. The van der Waals surface area contributed by atoms with Gasteiger partial charge in [0, 0.05) is 13.1 Å². The van der Waals surface area contributed by atoms with E-state index in [4.69, 9.17) is 14.2 Å². The van der Waals surface area contributed by atoms with E-state index in [0.717, 1.165) is 12.0 Å². The SMILES string of the molecule is CC(C)(C)OC(=O)N1CCc2ccc(OCc3ccc(OCF)cn3)cc2C1. The fourth-order valence-electron chi connectivity index (χ4n) is 2.91. The monoisotopic (exact) mass is 388 g/mol. The van der Waals surface area contributed by atoms with Crippen LogP contribution in [0.15, 0.2) is 36.5 Å². The molecule has 1 aliphatic rings. The zero-order valence-electron chi connectivity index (χ0n) is 16.4. The Morgan fingerprint density at radius 1 is 1.14 bits per heavy atom. The van der Waals surface area contributed by atoms with E-state index in [9.17, 15) is 9.18 Å². The molecule has 0 aliphatic carbocycles.